The van der Waals surface area contributed by atoms with Gasteiger partial charge in [-0.15, -0.1) is 0 Å². The molecule has 0 aromatic heterocycles. The minimum atomic E-state index is -0.339. The molecule has 18 heavy (non-hydrogen) atoms. The van der Waals surface area contributed by atoms with Gasteiger partial charge in [0.15, 0.2) is 0 Å². The Morgan fingerprint density at radius 2 is 1.94 bits per heavy atom. The van der Waals surface area contributed by atoms with Gasteiger partial charge in [-0.05, 0) is 38.0 Å². The van der Waals surface area contributed by atoms with Crippen molar-refractivity contribution in [3.63, 3.8) is 0 Å². The molecule has 0 bridgehead atoms. The van der Waals surface area contributed by atoms with Gasteiger partial charge in [-0.3, -0.25) is 4.79 Å². The van der Waals surface area contributed by atoms with Crippen molar-refractivity contribution in [2.45, 2.75) is 32.8 Å². The largest absolute Gasteiger partial charge is 0.489 e. The van der Waals surface area contributed by atoms with E-state index in [-0.39, 0.29) is 17.3 Å². The molecule has 1 aliphatic carbocycles. The number of ether oxygens (including phenoxy) is 2. The smallest absolute Gasteiger partial charge is 0.145 e. The van der Waals surface area contributed by atoms with Gasteiger partial charge in [0.25, 0.3) is 0 Å². The zero-order chi connectivity index (χ0) is 13.2. The highest BCUT2D eigenvalue weighted by Crippen LogP contribution is 2.39. The lowest BCUT2D eigenvalue weighted by atomic mass is 9.68. The Kier molecular flexibility index (Phi) is 3.71. The highest BCUT2D eigenvalue weighted by Gasteiger charge is 2.49. The zero-order valence-electron chi connectivity index (χ0n) is 11.2. The maximum absolute atomic E-state index is 11.4. The number of rotatable bonds is 5. The third-order valence-corrected chi connectivity index (χ3v) is 3.69. The van der Waals surface area contributed by atoms with E-state index in [1.807, 2.05) is 38.1 Å². The molecule has 1 aromatic rings. The van der Waals surface area contributed by atoms with E-state index >= 15 is 0 Å². The van der Waals surface area contributed by atoms with Crippen molar-refractivity contribution in [1.29, 1.82) is 0 Å². The van der Waals surface area contributed by atoms with Crippen LogP contribution in [0.2, 0.25) is 0 Å². The minimum absolute atomic E-state index is 0.00910. The maximum atomic E-state index is 11.4. The quantitative estimate of drug-likeness (QED) is 0.803. The van der Waals surface area contributed by atoms with Gasteiger partial charge in [0, 0.05) is 13.5 Å². The van der Waals surface area contributed by atoms with Crippen molar-refractivity contribution in [2.75, 3.05) is 13.7 Å². The Balaban J connectivity index is 1.93. The van der Waals surface area contributed by atoms with Crippen molar-refractivity contribution in [3.8, 4) is 5.75 Å². The molecule has 0 amide bonds. The van der Waals surface area contributed by atoms with E-state index in [0.29, 0.717) is 6.42 Å². The SMILES string of the molecule is COCCc1ccc(OC2CC(=O)C2(C)C)cc1. The van der Waals surface area contributed by atoms with Crippen LogP contribution in [0.4, 0.5) is 0 Å². The molecule has 98 valence electrons. The summed E-state index contributed by atoms with van der Waals surface area (Å²) in [5, 5.41) is 0. The number of benzene rings is 1. The summed E-state index contributed by atoms with van der Waals surface area (Å²) in [4.78, 5) is 11.4. The minimum Gasteiger partial charge on any atom is -0.489 e. The lowest BCUT2D eigenvalue weighted by Crippen LogP contribution is -2.52. The molecule has 1 aromatic carbocycles. The van der Waals surface area contributed by atoms with Crippen LogP contribution in [0.15, 0.2) is 24.3 Å². The van der Waals surface area contributed by atoms with Crippen LogP contribution >= 0.6 is 0 Å². The fraction of sp³-hybridized carbons (Fsp3) is 0.533. The van der Waals surface area contributed by atoms with Gasteiger partial charge in [0.1, 0.15) is 17.6 Å². The molecule has 0 heterocycles. The first-order valence-electron chi connectivity index (χ1n) is 6.32. The van der Waals surface area contributed by atoms with Gasteiger partial charge in [0.05, 0.1) is 12.0 Å². The maximum Gasteiger partial charge on any atom is 0.145 e. The average molecular weight is 248 g/mol. The topological polar surface area (TPSA) is 35.5 Å². The number of carbonyl (C=O) groups is 1. The van der Waals surface area contributed by atoms with E-state index < -0.39 is 0 Å². The number of hydrogen-bond donors (Lipinski definition) is 0. The van der Waals surface area contributed by atoms with Crippen molar-refractivity contribution in [3.05, 3.63) is 29.8 Å². The lowest BCUT2D eigenvalue weighted by molar-refractivity contribution is -0.148. The van der Waals surface area contributed by atoms with E-state index in [9.17, 15) is 4.79 Å². The van der Waals surface area contributed by atoms with Crippen LogP contribution in [0, 0.1) is 5.41 Å². The molecule has 3 nitrogen and oxygen atoms in total. The number of Topliss-reactive ketones (excluding diaryl/α,β-unsaturated/α-hetero) is 1. The van der Waals surface area contributed by atoms with Gasteiger partial charge in [0.2, 0.25) is 0 Å². The van der Waals surface area contributed by atoms with E-state index in [4.69, 9.17) is 9.47 Å². The Bertz CT molecular complexity index is 420. The molecule has 1 aliphatic rings. The summed E-state index contributed by atoms with van der Waals surface area (Å²) >= 11 is 0. The zero-order valence-corrected chi connectivity index (χ0v) is 11.2. The third kappa shape index (κ3) is 2.56. The first-order valence-corrected chi connectivity index (χ1v) is 6.32. The second-order valence-electron chi connectivity index (χ2n) is 5.34. The van der Waals surface area contributed by atoms with Crippen molar-refractivity contribution < 1.29 is 14.3 Å². The van der Waals surface area contributed by atoms with Crippen molar-refractivity contribution >= 4 is 5.78 Å². The summed E-state index contributed by atoms with van der Waals surface area (Å²) in [6.07, 6.45) is 1.44. The van der Waals surface area contributed by atoms with Gasteiger partial charge >= 0.3 is 0 Å². The normalized spacial score (nSPS) is 21.5. The van der Waals surface area contributed by atoms with Crippen LogP contribution in [-0.4, -0.2) is 25.6 Å². The molecule has 0 aliphatic heterocycles. The molecule has 3 heteroatoms. The van der Waals surface area contributed by atoms with E-state index in [1.165, 1.54) is 5.56 Å². The molecule has 1 saturated carbocycles. The summed E-state index contributed by atoms with van der Waals surface area (Å²) in [5.41, 5.74) is 0.891. The first-order chi connectivity index (χ1) is 8.54. The lowest BCUT2D eigenvalue weighted by Gasteiger charge is -2.41. The monoisotopic (exact) mass is 248 g/mol. The molecule has 0 radical (unpaired) electrons. The van der Waals surface area contributed by atoms with E-state index in [2.05, 4.69) is 0 Å². The van der Waals surface area contributed by atoms with Crippen molar-refractivity contribution in [1.82, 2.24) is 0 Å². The third-order valence-electron chi connectivity index (χ3n) is 3.69. The fourth-order valence-corrected chi connectivity index (χ4v) is 2.04. The van der Waals surface area contributed by atoms with E-state index in [1.54, 1.807) is 7.11 Å². The predicted octanol–water partition coefficient (Wildman–Crippen LogP) is 2.62. The second kappa shape index (κ2) is 5.11. The van der Waals surface area contributed by atoms with E-state index in [0.717, 1.165) is 18.8 Å². The summed E-state index contributed by atoms with van der Waals surface area (Å²) in [6, 6.07) is 8.01. The second-order valence-corrected chi connectivity index (χ2v) is 5.34. The van der Waals surface area contributed by atoms with Gasteiger partial charge in [-0.1, -0.05) is 12.1 Å². The molecular formula is C15H20O3. The van der Waals surface area contributed by atoms with Crippen LogP contribution in [0.5, 0.6) is 5.75 Å². The molecule has 1 fully saturated rings. The average Bonchev–Trinajstić information content (AvgIpc) is 2.37. The standard InChI is InChI=1S/C15H20O3/c1-15(2)13(16)10-14(15)18-12-6-4-11(5-7-12)8-9-17-3/h4-7,14H,8-10H2,1-3H3. The number of methoxy groups -OCH3 is 1. The van der Waals surface area contributed by atoms with Crippen LogP contribution in [0.25, 0.3) is 0 Å². The van der Waals surface area contributed by atoms with Crippen LogP contribution in [0.3, 0.4) is 0 Å². The molecule has 0 N–H and O–H groups in total. The van der Waals surface area contributed by atoms with Gasteiger partial charge in [-0.2, -0.15) is 0 Å². The van der Waals surface area contributed by atoms with Crippen LogP contribution in [0.1, 0.15) is 25.8 Å². The van der Waals surface area contributed by atoms with Gasteiger partial charge < -0.3 is 9.47 Å². The summed E-state index contributed by atoms with van der Waals surface area (Å²) < 4.78 is 10.9. The van der Waals surface area contributed by atoms with Crippen LogP contribution in [-0.2, 0) is 16.0 Å². The Morgan fingerprint density at radius 3 is 2.44 bits per heavy atom. The molecule has 1 unspecified atom stereocenters. The summed E-state index contributed by atoms with van der Waals surface area (Å²) in [5.74, 6) is 1.12. The molecular weight excluding hydrogens is 228 g/mol. The van der Waals surface area contributed by atoms with Crippen LogP contribution < -0.4 is 4.74 Å². The fourth-order valence-electron chi connectivity index (χ4n) is 2.04. The van der Waals surface area contributed by atoms with Crippen molar-refractivity contribution in [2.24, 2.45) is 5.41 Å². The first kappa shape index (κ1) is 13.1. The molecule has 0 spiro atoms. The highest BCUT2D eigenvalue weighted by atomic mass is 16.5. The highest BCUT2D eigenvalue weighted by molar-refractivity contribution is 5.91. The predicted molar refractivity (Wildman–Crippen MR) is 69.8 cm³/mol. The molecule has 2 rings (SSSR count). The number of ketones is 1. The molecule has 0 saturated heterocycles. The van der Waals surface area contributed by atoms with Gasteiger partial charge in [-0.25, -0.2) is 0 Å². The summed E-state index contributed by atoms with van der Waals surface area (Å²) in [6.45, 7) is 4.61. The number of hydrogen-bond acceptors (Lipinski definition) is 3. The Labute approximate surface area is 108 Å². The number of carbonyl (C=O) groups excluding carboxylic acids is 1. The Morgan fingerprint density at radius 1 is 1.28 bits per heavy atom. The molecule has 1 atom stereocenters. The summed E-state index contributed by atoms with van der Waals surface area (Å²) in [7, 11) is 1.70. The Hall–Kier alpha value is -1.35.